The maximum Gasteiger partial charge on any atom is 0.187 e. The molecule has 0 bridgehead atoms. The number of hydrogen-bond donors (Lipinski definition) is 0. The van der Waals surface area contributed by atoms with Gasteiger partial charge in [0, 0.05) is 61.4 Å². The van der Waals surface area contributed by atoms with E-state index in [2.05, 4.69) is 79.5 Å². The molecule has 2 fully saturated rings. The summed E-state index contributed by atoms with van der Waals surface area (Å²) in [4.78, 5) is 16.5. The maximum atomic E-state index is 9.20. The molecule has 8 nitrogen and oxygen atoms in total. The van der Waals surface area contributed by atoms with Crippen LogP contribution >= 0.6 is 46.4 Å². The first-order valence-electron chi connectivity index (χ1n) is 20.9. The monoisotopic (exact) mass is 920 g/mol. The van der Waals surface area contributed by atoms with Gasteiger partial charge in [-0.15, -0.1) is 0 Å². The van der Waals surface area contributed by atoms with E-state index in [4.69, 9.17) is 59.5 Å². The third-order valence-corrected chi connectivity index (χ3v) is 13.3. The zero-order valence-corrected chi connectivity index (χ0v) is 38.4. The predicted octanol–water partition coefficient (Wildman–Crippen LogP) is 14.1. The molecule has 0 aromatic heterocycles. The molecule has 0 saturated carbocycles. The third kappa shape index (κ3) is 10.7. The van der Waals surface area contributed by atoms with E-state index in [1.165, 1.54) is 11.1 Å². The highest BCUT2D eigenvalue weighted by Crippen LogP contribution is 2.40. The Morgan fingerprint density at radius 3 is 1.19 bits per heavy atom. The van der Waals surface area contributed by atoms with E-state index in [-0.39, 0.29) is 24.2 Å². The molecular formula is C52H44Cl4N8. The van der Waals surface area contributed by atoms with E-state index in [0.29, 0.717) is 42.6 Å². The van der Waals surface area contributed by atoms with Crippen LogP contribution in [0.4, 0.5) is 22.7 Å². The fourth-order valence-corrected chi connectivity index (χ4v) is 9.35. The third-order valence-electron chi connectivity index (χ3n) is 12.2. The molecular weight excluding hydrogens is 878 g/mol. The molecule has 64 heavy (non-hydrogen) atoms. The van der Waals surface area contributed by atoms with Crippen LogP contribution in [0.3, 0.4) is 0 Å². The zero-order valence-electron chi connectivity index (χ0n) is 35.3. The Kier molecular flexibility index (Phi) is 15.1. The Morgan fingerprint density at radius 1 is 0.516 bits per heavy atom. The molecule has 2 aliphatic rings. The quantitative estimate of drug-likeness (QED) is 0.142. The highest BCUT2D eigenvalue weighted by atomic mass is 35.5. The average molecular weight is 923 g/mol. The summed E-state index contributed by atoms with van der Waals surface area (Å²) in [5.41, 5.74) is 8.98. The van der Waals surface area contributed by atoms with Crippen molar-refractivity contribution in [2.75, 3.05) is 49.1 Å². The van der Waals surface area contributed by atoms with Crippen LogP contribution in [0.2, 0.25) is 20.1 Å². The van der Waals surface area contributed by atoms with Crippen molar-refractivity contribution in [3.05, 3.63) is 210 Å². The molecule has 0 radical (unpaired) electrons. The van der Waals surface area contributed by atoms with Gasteiger partial charge in [-0.25, -0.2) is 9.69 Å². The van der Waals surface area contributed by atoms with E-state index in [9.17, 15) is 10.5 Å². The van der Waals surface area contributed by atoms with Gasteiger partial charge in [-0.2, -0.15) is 10.5 Å². The summed E-state index contributed by atoms with van der Waals surface area (Å²) in [6.07, 6.45) is 0. The fourth-order valence-electron chi connectivity index (χ4n) is 8.52. The summed E-state index contributed by atoms with van der Waals surface area (Å²) < 4.78 is 0. The van der Waals surface area contributed by atoms with E-state index < -0.39 is 0 Å². The largest absolute Gasteiger partial charge is 0.361 e. The fraction of sp³-hybridized carbons (Fsp3) is 0.231. The van der Waals surface area contributed by atoms with Gasteiger partial charge in [-0.05, 0) is 96.8 Å². The Labute approximate surface area is 396 Å². The van der Waals surface area contributed by atoms with Gasteiger partial charge >= 0.3 is 0 Å². The minimum atomic E-state index is 0.0800. The Hall–Kier alpha value is -6.04. The number of hydrogen-bond acceptors (Lipinski definition) is 6. The minimum absolute atomic E-state index is 0.0800. The molecule has 320 valence electrons. The molecule has 0 N–H and O–H groups in total. The number of nitrogens with zero attached hydrogens (tertiary/aromatic N) is 8. The van der Waals surface area contributed by atoms with Crippen molar-refractivity contribution >= 4 is 69.2 Å². The summed E-state index contributed by atoms with van der Waals surface area (Å²) in [6, 6.07) is 47.4. The van der Waals surface area contributed by atoms with Crippen LogP contribution in [0.5, 0.6) is 0 Å². The van der Waals surface area contributed by atoms with Crippen molar-refractivity contribution in [1.29, 1.82) is 10.5 Å². The topological polar surface area (TPSA) is 69.3 Å². The lowest BCUT2D eigenvalue weighted by molar-refractivity contribution is 0.171. The molecule has 2 aliphatic heterocycles. The number of halogens is 4. The molecule has 6 aromatic rings. The molecule has 4 atom stereocenters. The lowest BCUT2D eigenvalue weighted by atomic mass is 9.98. The molecule has 0 aliphatic carbocycles. The van der Waals surface area contributed by atoms with Crippen LogP contribution in [0.25, 0.3) is 9.69 Å². The molecule has 8 rings (SSSR count). The van der Waals surface area contributed by atoms with Crippen molar-refractivity contribution in [2.45, 2.75) is 38.0 Å². The number of piperazine rings is 2. The second-order valence-corrected chi connectivity index (χ2v) is 17.5. The Morgan fingerprint density at radius 2 is 0.875 bits per heavy atom. The van der Waals surface area contributed by atoms with E-state index in [0.717, 1.165) is 61.8 Å². The average Bonchev–Trinajstić information content (AvgIpc) is 3.34. The van der Waals surface area contributed by atoms with Gasteiger partial charge in [0.2, 0.25) is 0 Å². The van der Waals surface area contributed by atoms with Crippen LogP contribution < -0.4 is 9.80 Å². The Balaban J connectivity index is 0.000000191. The van der Waals surface area contributed by atoms with Crippen LogP contribution in [-0.2, 0) is 0 Å². The normalized spacial score (nSPS) is 17.4. The van der Waals surface area contributed by atoms with Gasteiger partial charge in [0.1, 0.15) is 0 Å². The Bertz CT molecular complexity index is 2540. The van der Waals surface area contributed by atoms with Crippen LogP contribution in [-0.4, -0.2) is 49.1 Å². The number of benzene rings is 6. The summed E-state index contributed by atoms with van der Waals surface area (Å²) >= 11 is 25.5. The number of rotatable bonds is 8. The van der Waals surface area contributed by atoms with Gasteiger partial charge in [0.25, 0.3) is 0 Å². The van der Waals surface area contributed by atoms with Crippen LogP contribution in [0.1, 0.15) is 71.4 Å². The molecule has 0 spiro atoms. The molecule has 2 saturated heterocycles. The molecule has 0 amide bonds. The van der Waals surface area contributed by atoms with Crippen molar-refractivity contribution < 1.29 is 0 Å². The first-order chi connectivity index (χ1) is 31.0. The molecule has 2 heterocycles. The molecule has 6 aromatic carbocycles. The summed E-state index contributed by atoms with van der Waals surface area (Å²) in [5.74, 6) is 0. The van der Waals surface area contributed by atoms with Crippen molar-refractivity contribution in [3.63, 3.8) is 0 Å². The highest BCUT2D eigenvalue weighted by molar-refractivity contribution is 6.34. The van der Waals surface area contributed by atoms with Gasteiger partial charge in [0.15, 0.2) is 11.4 Å². The second-order valence-electron chi connectivity index (χ2n) is 15.8. The first-order valence-corrected chi connectivity index (χ1v) is 22.4. The van der Waals surface area contributed by atoms with E-state index in [1.54, 1.807) is 12.1 Å². The van der Waals surface area contributed by atoms with Gasteiger partial charge in [-0.1, -0.05) is 119 Å². The molecule has 12 heteroatoms. The smallest absolute Gasteiger partial charge is 0.187 e. The van der Waals surface area contributed by atoms with Crippen molar-refractivity contribution in [1.82, 2.24) is 9.80 Å². The number of nitriles is 2. The molecule has 0 unspecified atom stereocenters. The van der Waals surface area contributed by atoms with Crippen LogP contribution in [0, 0.1) is 35.8 Å². The van der Waals surface area contributed by atoms with Crippen LogP contribution in [0.15, 0.2) is 133 Å². The lowest BCUT2D eigenvalue weighted by Gasteiger charge is -2.45. The summed E-state index contributed by atoms with van der Waals surface area (Å²) in [5, 5.41) is 21.0. The standard InChI is InChI=1S/2C26H22Cl2N4/c2*1-18(20-6-10-23(30-2)11-7-20)31-13-14-32(25-12-3-19(16-29)15-24(25)28)26(17-31)21-4-8-22(27)9-5-21/h2*3-12,15,18,26H,13-14,17H2,1H3/t18-,26+;18-,26-/m10/s1. The maximum absolute atomic E-state index is 9.20. The summed E-state index contributed by atoms with van der Waals surface area (Å²) in [6.45, 7) is 23.7. The van der Waals surface area contributed by atoms with Gasteiger partial charge in [0.05, 0.1) is 69.9 Å². The summed E-state index contributed by atoms with van der Waals surface area (Å²) in [7, 11) is 0. The van der Waals surface area contributed by atoms with Gasteiger partial charge < -0.3 is 9.80 Å². The number of anilines is 2. The SMILES string of the molecule is [C-]#[N+]c1ccc([C@@H](C)N2CCN(c3ccc(C#N)cc3Cl)[C@H](c3ccc(Cl)cc3)C2)cc1.[C-]#[N+]c1ccc([C@H](C)N2CCN(c3ccc(C#N)cc3Cl)[C@H](c3ccc(Cl)cc3)C2)cc1. The van der Waals surface area contributed by atoms with E-state index in [1.807, 2.05) is 97.1 Å². The van der Waals surface area contributed by atoms with Crippen molar-refractivity contribution in [3.8, 4) is 12.1 Å². The van der Waals surface area contributed by atoms with Gasteiger partial charge in [-0.3, -0.25) is 9.80 Å². The first kappa shape index (κ1) is 46.0. The lowest BCUT2D eigenvalue weighted by Crippen LogP contribution is -2.49. The minimum Gasteiger partial charge on any atom is -0.361 e. The van der Waals surface area contributed by atoms with Crippen molar-refractivity contribution in [2.24, 2.45) is 0 Å². The zero-order chi connectivity index (χ0) is 45.3. The second kappa shape index (κ2) is 21.1. The highest BCUT2D eigenvalue weighted by Gasteiger charge is 2.34. The van der Waals surface area contributed by atoms with E-state index >= 15 is 0 Å². The predicted molar refractivity (Wildman–Crippen MR) is 261 cm³/mol.